The lowest BCUT2D eigenvalue weighted by Crippen LogP contribution is -2.26. The van der Waals surface area contributed by atoms with E-state index in [2.05, 4.69) is 131 Å². The molecule has 7 rings (SSSR count). The molecule has 0 bridgehead atoms. The van der Waals surface area contributed by atoms with Crippen LogP contribution in [0.4, 0.5) is 0 Å². The Labute approximate surface area is 338 Å². The molecule has 266 valence electrons. The molecule has 0 atom stereocenters. The molecule has 0 amide bonds. The average Bonchev–Trinajstić information content (AvgIpc) is 3.99. The Bertz CT molecular complexity index is 2020. The minimum absolute atomic E-state index is 0.0155. The van der Waals surface area contributed by atoms with Gasteiger partial charge in [-0.2, -0.15) is 0 Å². The number of rotatable bonds is 18. The molecule has 0 unspecified atom stereocenters. The van der Waals surface area contributed by atoms with Gasteiger partial charge in [-0.05, 0) is 115 Å². The summed E-state index contributed by atoms with van der Waals surface area (Å²) in [5.41, 5.74) is 9.01. The van der Waals surface area contributed by atoms with Crippen molar-refractivity contribution in [3.8, 4) is 51.5 Å². The number of benzene rings is 2. The number of hydrogen-bond donors (Lipinski definition) is 0. The zero-order valence-electron chi connectivity index (χ0n) is 29.9. The lowest BCUT2D eigenvalue weighted by Gasteiger charge is -2.35. The maximum atomic E-state index is 3.73. The van der Waals surface area contributed by atoms with E-state index < -0.39 is 0 Å². The fraction of sp³-hybridized carbons (Fsp3) is 0.378. The highest BCUT2D eigenvalue weighted by atomic mass is 79.9. The highest BCUT2D eigenvalue weighted by Crippen LogP contribution is 2.60. The molecule has 0 spiro atoms. The first-order valence-electron chi connectivity index (χ1n) is 19.0. The van der Waals surface area contributed by atoms with Gasteiger partial charge in [0.25, 0.3) is 0 Å². The molecule has 6 heteroatoms. The number of unbranched alkanes of at least 4 members (excludes halogenated alkanes) is 10. The van der Waals surface area contributed by atoms with E-state index in [1.165, 1.54) is 149 Å². The topological polar surface area (TPSA) is 0 Å². The van der Waals surface area contributed by atoms with Crippen molar-refractivity contribution in [2.24, 2.45) is 0 Å². The van der Waals surface area contributed by atoms with Gasteiger partial charge in [0.05, 0.1) is 7.57 Å². The second-order valence-electron chi connectivity index (χ2n) is 14.1. The zero-order chi connectivity index (χ0) is 35.2. The summed E-state index contributed by atoms with van der Waals surface area (Å²) in [5.74, 6) is 0. The molecule has 4 heterocycles. The first kappa shape index (κ1) is 37.5. The fourth-order valence-corrected chi connectivity index (χ4v) is 13.3. The minimum Gasteiger partial charge on any atom is -0.134 e. The van der Waals surface area contributed by atoms with E-state index in [0.717, 1.165) is 0 Å². The van der Waals surface area contributed by atoms with E-state index in [1.807, 2.05) is 45.3 Å². The first-order chi connectivity index (χ1) is 25.0. The molecule has 0 fully saturated rings. The molecule has 6 aromatic rings. The third kappa shape index (κ3) is 8.17. The van der Waals surface area contributed by atoms with Crippen molar-refractivity contribution in [3.63, 3.8) is 0 Å². The molecular formula is C45H48Br2S4. The van der Waals surface area contributed by atoms with Gasteiger partial charge < -0.3 is 0 Å². The maximum absolute atomic E-state index is 3.73. The van der Waals surface area contributed by atoms with Crippen LogP contribution in [0.25, 0.3) is 51.5 Å². The Morgan fingerprint density at radius 2 is 0.902 bits per heavy atom. The predicted octanol–water partition coefficient (Wildman–Crippen LogP) is 17.9. The molecule has 0 saturated carbocycles. The summed E-state index contributed by atoms with van der Waals surface area (Å²) in [6.45, 7) is 4.65. The van der Waals surface area contributed by atoms with E-state index in [0.29, 0.717) is 0 Å². The Hall–Kier alpha value is -1.80. The third-order valence-corrected chi connectivity index (χ3v) is 16.5. The van der Waals surface area contributed by atoms with Crippen molar-refractivity contribution in [2.75, 3.05) is 0 Å². The molecular weight excluding hydrogens is 829 g/mol. The van der Waals surface area contributed by atoms with Gasteiger partial charge in [-0.15, -0.1) is 45.3 Å². The summed E-state index contributed by atoms with van der Waals surface area (Å²) < 4.78 is 2.37. The van der Waals surface area contributed by atoms with Crippen molar-refractivity contribution in [1.29, 1.82) is 0 Å². The van der Waals surface area contributed by atoms with Crippen molar-refractivity contribution in [3.05, 3.63) is 104 Å². The Morgan fingerprint density at radius 3 is 1.49 bits per heavy atom. The van der Waals surface area contributed by atoms with Crippen LogP contribution in [-0.2, 0) is 5.41 Å². The van der Waals surface area contributed by atoms with Crippen molar-refractivity contribution in [2.45, 2.75) is 109 Å². The molecule has 4 aromatic heterocycles. The summed E-state index contributed by atoms with van der Waals surface area (Å²) in [5, 5.41) is 0. The first-order valence-corrected chi connectivity index (χ1v) is 23.9. The number of fused-ring (bicyclic) bond motifs is 3. The summed E-state index contributed by atoms with van der Waals surface area (Å²) >= 11 is 15.0. The summed E-state index contributed by atoms with van der Waals surface area (Å²) in [6.07, 6.45) is 18.4. The van der Waals surface area contributed by atoms with Crippen molar-refractivity contribution in [1.82, 2.24) is 0 Å². The van der Waals surface area contributed by atoms with Crippen LogP contribution in [0.15, 0.2) is 92.5 Å². The van der Waals surface area contributed by atoms with E-state index in [-0.39, 0.29) is 5.41 Å². The lowest BCUT2D eigenvalue weighted by atomic mass is 9.68. The molecule has 2 aromatic carbocycles. The van der Waals surface area contributed by atoms with Crippen LogP contribution >= 0.6 is 77.2 Å². The van der Waals surface area contributed by atoms with Gasteiger partial charge in [0.2, 0.25) is 0 Å². The van der Waals surface area contributed by atoms with Gasteiger partial charge in [-0.25, -0.2) is 0 Å². The Morgan fingerprint density at radius 1 is 0.431 bits per heavy atom. The largest absolute Gasteiger partial charge is 0.134 e. The summed E-state index contributed by atoms with van der Waals surface area (Å²) in [4.78, 5) is 8.13. The molecule has 0 radical (unpaired) electrons. The zero-order valence-corrected chi connectivity index (χ0v) is 36.3. The SMILES string of the molecule is CCCCCCCCC1(CCCCCCCC)c2ccccc2-c2ccc(-c3ccc(-c4ccc(Br)s4)s3)c(-c3ccc(-c4ccc(Br)s4)s3)c21. The fourth-order valence-electron chi connectivity index (χ4n) is 8.23. The van der Waals surface area contributed by atoms with E-state index >= 15 is 0 Å². The van der Waals surface area contributed by atoms with Crippen LogP contribution in [0.1, 0.15) is 115 Å². The summed E-state index contributed by atoms with van der Waals surface area (Å²) in [6, 6.07) is 32.8. The highest BCUT2D eigenvalue weighted by Gasteiger charge is 2.45. The lowest BCUT2D eigenvalue weighted by molar-refractivity contribution is 0.398. The van der Waals surface area contributed by atoms with Gasteiger partial charge in [0, 0.05) is 45.8 Å². The number of thiophene rings is 4. The van der Waals surface area contributed by atoms with Crippen molar-refractivity contribution >= 4 is 77.2 Å². The van der Waals surface area contributed by atoms with Crippen LogP contribution in [0.5, 0.6) is 0 Å². The second-order valence-corrected chi connectivity index (χ2v) is 21.2. The normalized spacial score (nSPS) is 13.2. The molecule has 0 aliphatic heterocycles. The second kappa shape index (κ2) is 17.6. The standard InChI is InChI=1S/C45H48Br2S4/c1-3-5-7-9-11-15-29-45(30-16-12-10-8-6-4-2)34-18-14-13-17-31(34)32-19-20-33(35-21-22-36(48-35)38-25-27-41(46)50-38)43(44(32)45)40-24-23-37(49-40)39-26-28-42(47)51-39/h13-14,17-28H,3-12,15-16,29-30H2,1-2H3. The summed E-state index contributed by atoms with van der Waals surface area (Å²) in [7, 11) is 0. The number of halogens is 2. The minimum atomic E-state index is 0.0155. The van der Waals surface area contributed by atoms with Crippen LogP contribution in [0.3, 0.4) is 0 Å². The quantitative estimate of drug-likeness (QED) is 0.0755. The maximum Gasteiger partial charge on any atom is 0.0705 e. The monoisotopic (exact) mass is 874 g/mol. The van der Waals surface area contributed by atoms with Crippen molar-refractivity contribution < 1.29 is 0 Å². The highest BCUT2D eigenvalue weighted by molar-refractivity contribution is 9.11. The van der Waals surface area contributed by atoms with E-state index in [4.69, 9.17) is 0 Å². The Balaban J connectivity index is 1.39. The molecule has 1 aliphatic carbocycles. The van der Waals surface area contributed by atoms with Gasteiger partial charge in [0.15, 0.2) is 0 Å². The Kier molecular flexibility index (Phi) is 12.9. The van der Waals surface area contributed by atoms with Gasteiger partial charge in [-0.3, -0.25) is 0 Å². The smallest absolute Gasteiger partial charge is 0.0705 e. The number of hydrogen-bond acceptors (Lipinski definition) is 4. The molecule has 1 aliphatic rings. The van der Waals surface area contributed by atoms with E-state index in [1.54, 1.807) is 11.1 Å². The van der Waals surface area contributed by atoms with Crippen LogP contribution in [-0.4, -0.2) is 0 Å². The molecule has 0 N–H and O–H groups in total. The van der Waals surface area contributed by atoms with Crippen LogP contribution in [0.2, 0.25) is 0 Å². The van der Waals surface area contributed by atoms with Crippen LogP contribution in [0, 0.1) is 0 Å². The predicted molar refractivity (Wildman–Crippen MR) is 237 cm³/mol. The molecule has 0 saturated heterocycles. The third-order valence-electron chi connectivity index (χ3n) is 10.7. The van der Waals surface area contributed by atoms with E-state index in [9.17, 15) is 0 Å². The average molecular weight is 877 g/mol. The van der Waals surface area contributed by atoms with Crippen LogP contribution < -0.4 is 0 Å². The van der Waals surface area contributed by atoms with Gasteiger partial charge in [0.1, 0.15) is 0 Å². The molecule has 51 heavy (non-hydrogen) atoms. The van der Waals surface area contributed by atoms with Gasteiger partial charge in [-0.1, -0.05) is 127 Å². The molecule has 0 nitrogen and oxygen atoms in total. The van der Waals surface area contributed by atoms with Gasteiger partial charge >= 0.3 is 0 Å².